The Kier molecular flexibility index (Phi) is 6.06. The van der Waals surface area contributed by atoms with Crippen LogP contribution in [0.5, 0.6) is 0 Å². The van der Waals surface area contributed by atoms with E-state index >= 15 is 0 Å². The van der Waals surface area contributed by atoms with Gasteiger partial charge in [0.05, 0.1) is 21.0 Å². The van der Waals surface area contributed by atoms with E-state index in [9.17, 15) is 12.8 Å². The van der Waals surface area contributed by atoms with Gasteiger partial charge in [-0.05, 0) is 19.1 Å². The lowest BCUT2D eigenvalue weighted by molar-refractivity contribution is 0.553. The second-order valence-corrected chi connectivity index (χ2v) is 7.69. The number of halogens is 3. The molecule has 0 saturated heterocycles. The van der Waals surface area contributed by atoms with Crippen molar-refractivity contribution < 1.29 is 12.8 Å². The second-order valence-electron chi connectivity index (χ2n) is 4.77. The molecule has 114 valence electrons. The zero-order valence-corrected chi connectivity index (χ0v) is 13.7. The zero-order valence-electron chi connectivity index (χ0n) is 11.4. The van der Waals surface area contributed by atoms with Crippen molar-refractivity contribution in [3.05, 3.63) is 28.0 Å². The summed E-state index contributed by atoms with van der Waals surface area (Å²) in [7, 11) is -3.61. The van der Waals surface area contributed by atoms with Gasteiger partial charge in [0.25, 0.3) is 0 Å². The minimum absolute atomic E-state index is 0.137. The minimum Gasteiger partial charge on any atom is -0.313 e. The molecule has 2 N–H and O–H groups in total. The first-order chi connectivity index (χ1) is 9.13. The molecule has 8 heteroatoms. The van der Waals surface area contributed by atoms with Crippen LogP contribution in [-0.2, 0) is 10.0 Å². The van der Waals surface area contributed by atoms with E-state index in [1.807, 2.05) is 13.8 Å². The molecule has 0 aliphatic carbocycles. The van der Waals surface area contributed by atoms with Crippen molar-refractivity contribution in [2.75, 3.05) is 11.3 Å². The summed E-state index contributed by atoms with van der Waals surface area (Å²) in [5, 5.41) is 1.91. The molecule has 20 heavy (non-hydrogen) atoms. The average Bonchev–Trinajstić information content (AvgIpc) is 2.32. The Hall–Kier alpha value is -0.560. The summed E-state index contributed by atoms with van der Waals surface area (Å²) in [6, 6.07) is 2.55. The molecule has 4 nitrogen and oxygen atoms in total. The number of rotatable bonds is 6. The fourth-order valence-corrected chi connectivity index (χ4v) is 2.84. The van der Waals surface area contributed by atoms with E-state index in [2.05, 4.69) is 10.0 Å². The number of anilines is 1. The molecule has 1 aromatic carbocycles. The Morgan fingerprint density at radius 1 is 1.20 bits per heavy atom. The third kappa shape index (κ3) is 4.77. The molecule has 0 radical (unpaired) electrons. The molecule has 0 amide bonds. The van der Waals surface area contributed by atoms with E-state index < -0.39 is 21.1 Å². The van der Waals surface area contributed by atoms with Crippen molar-refractivity contribution in [2.24, 2.45) is 0 Å². The Morgan fingerprint density at radius 3 is 2.15 bits per heavy atom. The van der Waals surface area contributed by atoms with Gasteiger partial charge in [0, 0.05) is 12.6 Å². The molecule has 1 atom stereocenters. The zero-order chi connectivity index (χ0) is 15.5. The average molecular weight is 343 g/mol. The molecule has 1 aromatic rings. The van der Waals surface area contributed by atoms with Gasteiger partial charge in [0.2, 0.25) is 10.0 Å². The van der Waals surface area contributed by atoms with Gasteiger partial charge in [-0.3, -0.25) is 4.72 Å². The van der Waals surface area contributed by atoms with Gasteiger partial charge >= 0.3 is 0 Å². The Labute approximate surface area is 128 Å². The highest BCUT2D eigenvalue weighted by atomic mass is 35.5. The summed E-state index contributed by atoms with van der Waals surface area (Å²) in [5.74, 6) is -0.772. The number of nitrogens with one attached hydrogen (secondary N) is 2. The SMILES string of the molecule is CC(C)NCC(C)S(=O)(=O)Nc1cc(Cl)c(F)c(Cl)c1. The van der Waals surface area contributed by atoms with E-state index in [-0.39, 0.29) is 21.8 Å². The van der Waals surface area contributed by atoms with Crippen LogP contribution < -0.4 is 10.0 Å². The van der Waals surface area contributed by atoms with Crippen LogP contribution in [0.1, 0.15) is 20.8 Å². The number of hydrogen-bond donors (Lipinski definition) is 2. The maximum absolute atomic E-state index is 13.3. The maximum atomic E-state index is 13.3. The molecule has 0 aliphatic rings. The van der Waals surface area contributed by atoms with Crippen LogP contribution in [-0.4, -0.2) is 26.3 Å². The lowest BCUT2D eigenvalue weighted by atomic mass is 10.3. The van der Waals surface area contributed by atoms with E-state index in [4.69, 9.17) is 23.2 Å². The quantitative estimate of drug-likeness (QED) is 0.780. The van der Waals surface area contributed by atoms with Crippen LogP contribution in [0.2, 0.25) is 10.0 Å². The highest BCUT2D eigenvalue weighted by Gasteiger charge is 2.21. The Balaban J connectivity index is 2.86. The van der Waals surface area contributed by atoms with Crippen LogP contribution >= 0.6 is 23.2 Å². The summed E-state index contributed by atoms with van der Waals surface area (Å²) in [6.45, 7) is 5.72. The molecule has 0 heterocycles. The molecular weight excluding hydrogens is 326 g/mol. The third-order valence-corrected chi connectivity index (χ3v) is 4.88. The second kappa shape index (κ2) is 6.93. The van der Waals surface area contributed by atoms with Crippen molar-refractivity contribution in [1.29, 1.82) is 0 Å². The monoisotopic (exact) mass is 342 g/mol. The standard InChI is InChI=1S/C12H17Cl2FN2O2S/c1-7(2)16-6-8(3)20(18,19)17-9-4-10(13)12(15)11(14)5-9/h4-5,7-8,16-17H,6H2,1-3H3. The summed E-state index contributed by atoms with van der Waals surface area (Å²) in [6.07, 6.45) is 0. The van der Waals surface area contributed by atoms with Crippen LogP contribution in [0.3, 0.4) is 0 Å². The molecule has 1 unspecified atom stereocenters. The lowest BCUT2D eigenvalue weighted by Crippen LogP contribution is -2.37. The van der Waals surface area contributed by atoms with Gasteiger partial charge in [-0.15, -0.1) is 0 Å². The van der Waals surface area contributed by atoms with E-state index in [1.54, 1.807) is 6.92 Å². The van der Waals surface area contributed by atoms with Crippen molar-refractivity contribution >= 4 is 38.9 Å². The van der Waals surface area contributed by atoms with Crippen LogP contribution in [0, 0.1) is 5.82 Å². The van der Waals surface area contributed by atoms with E-state index in [1.165, 1.54) is 12.1 Å². The van der Waals surface area contributed by atoms with Gasteiger partial charge in [-0.2, -0.15) is 0 Å². The topological polar surface area (TPSA) is 58.2 Å². The number of sulfonamides is 1. The molecule has 0 bridgehead atoms. The summed E-state index contributed by atoms with van der Waals surface area (Å²) < 4.78 is 39.8. The first kappa shape index (κ1) is 17.5. The number of benzene rings is 1. The van der Waals surface area contributed by atoms with Crippen molar-refractivity contribution in [1.82, 2.24) is 5.32 Å². The van der Waals surface area contributed by atoms with Gasteiger partial charge in [0.15, 0.2) is 5.82 Å². The van der Waals surface area contributed by atoms with Gasteiger partial charge in [-0.25, -0.2) is 12.8 Å². The van der Waals surface area contributed by atoms with Gasteiger partial charge < -0.3 is 5.32 Å². The molecule has 0 aromatic heterocycles. The van der Waals surface area contributed by atoms with Crippen LogP contribution in [0.25, 0.3) is 0 Å². The molecule has 0 fully saturated rings. The first-order valence-electron chi connectivity index (χ1n) is 6.03. The molecular formula is C12H17Cl2FN2O2S. The smallest absolute Gasteiger partial charge is 0.236 e. The van der Waals surface area contributed by atoms with Crippen molar-refractivity contribution in [3.63, 3.8) is 0 Å². The van der Waals surface area contributed by atoms with E-state index in [0.717, 1.165) is 0 Å². The van der Waals surface area contributed by atoms with Crippen molar-refractivity contribution in [2.45, 2.75) is 32.1 Å². The largest absolute Gasteiger partial charge is 0.313 e. The van der Waals surface area contributed by atoms with Gasteiger partial charge in [0.1, 0.15) is 0 Å². The fourth-order valence-electron chi connectivity index (χ4n) is 1.39. The van der Waals surface area contributed by atoms with Crippen LogP contribution in [0.15, 0.2) is 12.1 Å². The Morgan fingerprint density at radius 2 is 1.70 bits per heavy atom. The Bertz CT molecular complexity index is 556. The first-order valence-corrected chi connectivity index (χ1v) is 8.33. The highest BCUT2D eigenvalue weighted by Crippen LogP contribution is 2.28. The molecule has 0 spiro atoms. The lowest BCUT2D eigenvalue weighted by Gasteiger charge is -2.17. The van der Waals surface area contributed by atoms with Crippen molar-refractivity contribution in [3.8, 4) is 0 Å². The summed E-state index contributed by atoms with van der Waals surface area (Å²) >= 11 is 11.2. The predicted molar refractivity (Wildman–Crippen MR) is 81.6 cm³/mol. The molecule has 0 saturated carbocycles. The molecule has 1 rings (SSSR count). The normalized spacial score (nSPS) is 13.6. The maximum Gasteiger partial charge on any atom is 0.236 e. The summed E-state index contributed by atoms with van der Waals surface area (Å²) in [4.78, 5) is 0. The third-order valence-electron chi connectivity index (χ3n) is 2.59. The number of hydrogen-bond acceptors (Lipinski definition) is 3. The van der Waals surface area contributed by atoms with E-state index in [0.29, 0.717) is 6.54 Å². The predicted octanol–water partition coefficient (Wildman–Crippen LogP) is 3.26. The van der Waals surface area contributed by atoms with Crippen LogP contribution in [0.4, 0.5) is 10.1 Å². The van der Waals surface area contributed by atoms with Gasteiger partial charge in [-0.1, -0.05) is 37.0 Å². The summed E-state index contributed by atoms with van der Waals surface area (Å²) in [5.41, 5.74) is 0.137. The minimum atomic E-state index is -3.61. The molecule has 0 aliphatic heterocycles. The fraction of sp³-hybridized carbons (Fsp3) is 0.500. The highest BCUT2D eigenvalue weighted by molar-refractivity contribution is 7.93.